The van der Waals surface area contributed by atoms with Gasteiger partial charge in [-0.15, -0.1) is 0 Å². The molecule has 0 spiro atoms. The Morgan fingerprint density at radius 3 is 2.56 bits per heavy atom. The van der Waals surface area contributed by atoms with Gasteiger partial charge in [0, 0.05) is 13.0 Å². The summed E-state index contributed by atoms with van der Waals surface area (Å²) in [7, 11) is 1.72. The van der Waals surface area contributed by atoms with Crippen LogP contribution in [0, 0.1) is 17.8 Å². The number of likely N-dealkylation sites (N-methyl/N-ethyl adjacent to an activating group) is 1. The monoisotopic (exact) mass is 225 g/mol. The average Bonchev–Trinajstić information content (AvgIpc) is 2.78. The number of rotatable bonds is 3. The van der Waals surface area contributed by atoms with E-state index in [2.05, 4.69) is 5.16 Å². The molecular weight excluding hydrogens is 206 g/mol. The van der Waals surface area contributed by atoms with Gasteiger partial charge >= 0.3 is 0 Å². The Morgan fingerprint density at radius 2 is 2.06 bits per heavy atom. The summed E-state index contributed by atoms with van der Waals surface area (Å²) in [5.41, 5.74) is 5.50. The molecule has 2 aliphatic rings. The van der Waals surface area contributed by atoms with Gasteiger partial charge in [-0.3, -0.25) is 4.79 Å². The van der Waals surface area contributed by atoms with Crippen molar-refractivity contribution in [1.29, 1.82) is 0 Å². The Morgan fingerprint density at radius 1 is 1.50 bits per heavy atom. The van der Waals surface area contributed by atoms with Crippen molar-refractivity contribution in [2.75, 3.05) is 7.05 Å². The van der Waals surface area contributed by atoms with Crippen LogP contribution in [0.1, 0.15) is 26.2 Å². The van der Waals surface area contributed by atoms with Gasteiger partial charge in [0.05, 0.1) is 6.04 Å². The van der Waals surface area contributed by atoms with Crippen LogP contribution in [-0.4, -0.2) is 34.9 Å². The summed E-state index contributed by atoms with van der Waals surface area (Å²) in [4.78, 5) is 13.7. The van der Waals surface area contributed by atoms with Crippen molar-refractivity contribution in [1.82, 2.24) is 4.90 Å². The van der Waals surface area contributed by atoms with Gasteiger partial charge in [-0.05, 0) is 31.6 Å². The molecule has 2 saturated carbocycles. The van der Waals surface area contributed by atoms with Crippen molar-refractivity contribution in [3.8, 4) is 0 Å². The van der Waals surface area contributed by atoms with Crippen LogP contribution < -0.4 is 5.73 Å². The highest BCUT2D eigenvalue weighted by molar-refractivity contribution is 5.91. The molecule has 0 saturated heterocycles. The number of nitrogens with zero attached hydrogens (tertiary/aromatic N) is 2. The zero-order chi connectivity index (χ0) is 11.9. The first kappa shape index (κ1) is 11.2. The topological polar surface area (TPSA) is 78.9 Å². The van der Waals surface area contributed by atoms with Gasteiger partial charge in [-0.2, -0.15) is 0 Å². The Kier molecular flexibility index (Phi) is 2.78. The van der Waals surface area contributed by atoms with Gasteiger partial charge in [0.25, 0.3) is 0 Å². The van der Waals surface area contributed by atoms with Crippen molar-refractivity contribution in [3.63, 3.8) is 0 Å². The highest BCUT2D eigenvalue weighted by atomic mass is 16.4. The van der Waals surface area contributed by atoms with Gasteiger partial charge in [0.1, 0.15) is 0 Å². The fraction of sp³-hybridized carbons (Fsp3) is 0.818. The normalized spacial score (nSPS) is 34.4. The minimum absolute atomic E-state index is 0.0849. The van der Waals surface area contributed by atoms with Crippen LogP contribution in [0.2, 0.25) is 0 Å². The van der Waals surface area contributed by atoms with Crippen molar-refractivity contribution < 1.29 is 10.0 Å². The van der Waals surface area contributed by atoms with E-state index in [1.807, 2.05) is 0 Å². The van der Waals surface area contributed by atoms with E-state index < -0.39 is 0 Å². The quantitative estimate of drug-likeness (QED) is 0.320. The number of hydrogen-bond donors (Lipinski definition) is 2. The molecule has 0 aliphatic heterocycles. The zero-order valence-electron chi connectivity index (χ0n) is 9.76. The fourth-order valence-corrected chi connectivity index (χ4v) is 2.90. The molecule has 0 heterocycles. The van der Waals surface area contributed by atoms with E-state index in [0.29, 0.717) is 11.8 Å². The molecule has 3 unspecified atom stereocenters. The van der Waals surface area contributed by atoms with Crippen LogP contribution in [0.5, 0.6) is 0 Å². The first-order valence-corrected chi connectivity index (χ1v) is 5.82. The minimum atomic E-state index is -0.334. The van der Waals surface area contributed by atoms with E-state index in [9.17, 15) is 4.79 Å². The van der Waals surface area contributed by atoms with Gasteiger partial charge in [-0.1, -0.05) is 11.6 Å². The minimum Gasteiger partial charge on any atom is -0.409 e. The second-order valence-corrected chi connectivity index (χ2v) is 4.93. The van der Waals surface area contributed by atoms with E-state index in [0.717, 1.165) is 0 Å². The van der Waals surface area contributed by atoms with E-state index >= 15 is 0 Å². The molecule has 0 radical (unpaired) electrons. The Hall–Kier alpha value is -1.26. The Labute approximate surface area is 95.3 Å². The van der Waals surface area contributed by atoms with Gasteiger partial charge in [-0.25, -0.2) is 0 Å². The summed E-state index contributed by atoms with van der Waals surface area (Å²) in [5, 5.41) is 11.5. The molecule has 3 atom stereocenters. The molecule has 3 N–H and O–H groups in total. The maximum Gasteiger partial charge on any atom is 0.226 e. The van der Waals surface area contributed by atoms with Crippen LogP contribution in [-0.2, 0) is 4.79 Å². The van der Waals surface area contributed by atoms with Crippen molar-refractivity contribution >= 4 is 11.7 Å². The number of nitrogens with two attached hydrogens (primary N) is 1. The molecule has 1 amide bonds. The van der Waals surface area contributed by atoms with Crippen molar-refractivity contribution in [2.24, 2.45) is 28.6 Å². The number of carbonyl (C=O) groups excluding carboxylic acids is 1. The molecule has 0 aromatic rings. The molecule has 0 bridgehead atoms. The maximum atomic E-state index is 12.1. The van der Waals surface area contributed by atoms with Crippen LogP contribution in [0.15, 0.2) is 5.16 Å². The number of amidine groups is 1. The summed E-state index contributed by atoms with van der Waals surface area (Å²) in [6.45, 7) is 1.77. The van der Waals surface area contributed by atoms with Gasteiger partial charge in [0.2, 0.25) is 5.91 Å². The molecule has 16 heavy (non-hydrogen) atoms. The molecule has 5 heteroatoms. The molecule has 0 aromatic heterocycles. The van der Waals surface area contributed by atoms with E-state index in [1.54, 1.807) is 18.9 Å². The van der Waals surface area contributed by atoms with Gasteiger partial charge in [0.15, 0.2) is 5.84 Å². The van der Waals surface area contributed by atoms with Crippen LogP contribution in [0.25, 0.3) is 0 Å². The molecule has 5 nitrogen and oxygen atoms in total. The summed E-state index contributed by atoms with van der Waals surface area (Å²) in [6, 6.07) is -0.334. The van der Waals surface area contributed by atoms with Crippen LogP contribution >= 0.6 is 0 Å². The Bertz CT molecular complexity index is 319. The lowest BCUT2D eigenvalue weighted by molar-refractivity contribution is -0.132. The largest absolute Gasteiger partial charge is 0.409 e. The lowest BCUT2D eigenvalue weighted by Crippen LogP contribution is -2.44. The second kappa shape index (κ2) is 3.96. The molecule has 0 aromatic carbocycles. The van der Waals surface area contributed by atoms with E-state index in [4.69, 9.17) is 10.9 Å². The standard InChI is InChI=1S/C11H19N3O2/c1-6(10(12)13-16)14(2)11(15)9-7-4-3-5-8(7)9/h6-9,16H,3-5H2,1-2H3,(H2,12,13). The molecule has 2 aliphatic carbocycles. The van der Waals surface area contributed by atoms with Crippen molar-refractivity contribution in [2.45, 2.75) is 32.2 Å². The smallest absolute Gasteiger partial charge is 0.226 e. The summed E-state index contributed by atoms with van der Waals surface area (Å²) in [6.07, 6.45) is 3.64. The summed E-state index contributed by atoms with van der Waals surface area (Å²) >= 11 is 0. The number of oxime groups is 1. The fourth-order valence-electron chi connectivity index (χ4n) is 2.90. The first-order valence-electron chi connectivity index (χ1n) is 5.82. The van der Waals surface area contributed by atoms with Gasteiger partial charge < -0.3 is 15.8 Å². The highest BCUT2D eigenvalue weighted by Gasteiger charge is 2.57. The predicted molar refractivity (Wildman–Crippen MR) is 60.0 cm³/mol. The summed E-state index contributed by atoms with van der Waals surface area (Å²) < 4.78 is 0. The summed E-state index contributed by atoms with van der Waals surface area (Å²) in [5.74, 6) is 1.65. The second-order valence-electron chi connectivity index (χ2n) is 4.93. The SMILES string of the molecule is CC(C(N)=NO)N(C)C(=O)C1C2CCCC21. The lowest BCUT2D eigenvalue weighted by atomic mass is 10.1. The van der Waals surface area contributed by atoms with E-state index in [-0.39, 0.29) is 23.7 Å². The third kappa shape index (κ3) is 1.64. The zero-order valence-corrected chi connectivity index (χ0v) is 9.76. The lowest BCUT2D eigenvalue weighted by Gasteiger charge is -2.24. The third-order valence-electron chi connectivity index (χ3n) is 4.16. The molecular formula is C11H19N3O2. The molecule has 2 rings (SSSR count). The maximum absolute atomic E-state index is 12.1. The van der Waals surface area contributed by atoms with Crippen molar-refractivity contribution in [3.05, 3.63) is 0 Å². The van der Waals surface area contributed by atoms with Crippen LogP contribution in [0.3, 0.4) is 0 Å². The first-order chi connectivity index (χ1) is 7.57. The third-order valence-corrected chi connectivity index (χ3v) is 4.16. The van der Waals surface area contributed by atoms with Crippen LogP contribution in [0.4, 0.5) is 0 Å². The van der Waals surface area contributed by atoms with E-state index in [1.165, 1.54) is 19.3 Å². The molecule has 2 fully saturated rings. The Balaban J connectivity index is 1.95. The number of amides is 1. The average molecular weight is 225 g/mol. The predicted octanol–water partition coefficient (Wildman–Crippen LogP) is 0.626. The number of carbonyl (C=O) groups is 1. The molecule has 90 valence electrons. The number of fused-ring (bicyclic) bond motifs is 1. The highest BCUT2D eigenvalue weighted by Crippen LogP contribution is 2.58. The number of hydrogen-bond acceptors (Lipinski definition) is 3.